The van der Waals surface area contributed by atoms with Crippen molar-refractivity contribution in [3.8, 4) is 5.75 Å². The monoisotopic (exact) mass is 324 g/mol. The van der Waals surface area contributed by atoms with Crippen LogP contribution in [0.25, 0.3) is 0 Å². The molecule has 0 saturated carbocycles. The fourth-order valence-electron chi connectivity index (χ4n) is 2.44. The van der Waals surface area contributed by atoms with Crippen LogP contribution in [0.15, 0.2) is 24.3 Å². The predicted octanol–water partition coefficient (Wildman–Crippen LogP) is 1.80. The first-order valence-electron chi connectivity index (χ1n) is 7.56. The molecule has 2 amide bonds. The summed E-state index contributed by atoms with van der Waals surface area (Å²) in [5.74, 6) is 0.225. The molecule has 0 aliphatic carbocycles. The summed E-state index contributed by atoms with van der Waals surface area (Å²) in [6, 6.07) is 5.51. The summed E-state index contributed by atoms with van der Waals surface area (Å²) in [4.78, 5) is 24.8. The van der Waals surface area contributed by atoms with Crippen molar-refractivity contribution in [2.45, 2.75) is 12.8 Å². The van der Waals surface area contributed by atoms with Gasteiger partial charge in [0, 0.05) is 19.6 Å². The highest BCUT2D eigenvalue weighted by atomic mass is 19.1. The number of benzene rings is 1. The largest absolute Gasteiger partial charge is 0.484 e. The predicted molar refractivity (Wildman–Crippen MR) is 81.6 cm³/mol. The molecule has 1 aromatic rings. The van der Waals surface area contributed by atoms with Crippen LogP contribution in [0.1, 0.15) is 12.8 Å². The van der Waals surface area contributed by atoms with E-state index in [0.717, 1.165) is 12.8 Å². The van der Waals surface area contributed by atoms with Gasteiger partial charge in [-0.1, -0.05) is 0 Å². The maximum absolute atomic E-state index is 12.7. The lowest BCUT2D eigenvalue weighted by molar-refractivity contribution is -0.123. The number of halogens is 1. The summed E-state index contributed by atoms with van der Waals surface area (Å²) in [6.45, 7) is 1.73. The average Bonchev–Trinajstić information content (AvgIpc) is 2.59. The number of carbonyl (C=O) groups excluding carboxylic acids is 2. The Morgan fingerprint density at radius 1 is 1.26 bits per heavy atom. The summed E-state index contributed by atoms with van der Waals surface area (Å²) in [7, 11) is 1.37. The summed E-state index contributed by atoms with van der Waals surface area (Å²) < 4.78 is 22.7. The van der Waals surface area contributed by atoms with E-state index in [9.17, 15) is 14.0 Å². The molecule has 7 heteroatoms. The van der Waals surface area contributed by atoms with Crippen molar-refractivity contribution in [1.82, 2.24) is 10.2 Å². The number of nitrogens with one attached hydrogen (secondary N) is 1. The molecule has 126 valence electrons. The lowest BCUT2D eigenvalue weighted by Gasteiger charge is -2.30. The number of likely N-dealkylation sites (tertiary alicyclic amines) is 1. The summed E-state index contributed by atoms with van der Waals surface area (Å²) in [5, 5.41) is 2.82. The van der Waals surface area contributed by atoms with E-state index in [1.165, 1.54) is 31.4 Å². The highest BCUT2D eigenvalue weighted by Crippen LogP contribution is 2.17. The molecule has 0 aromatic heterocycles. The molecule has 0 bridgehead atoms. The van der Waals surface area contributed by atoms with E-state index < -0.39 is 0 Å². The van der Waals surface area contributed by atoms with Gasteiger partial charge in [-0.15, -0.1) is 0 Å². The molecule has 23 heavy (non-hydrogen) atoms. The quantitative estimate of drug-likeness (QED) is 0.897. The van der Waals surface area contributed by atoms with Gasteiger partial charge in [-0.25, -0.2) is 9.18 Å². The van der Waals surface area contributed by atoms with Crippen LogP contribution in [0.4, 0.5) is 9.18 Å². The highest BCUT2D eigenvalue weighted by molar-refractivity contribution is 5.77. The van der Waals surface area contributed by atoms with E-state index in [0.29, 0.717) is 31.3 Å². The van der Waals surface area contributed by atoms with Crippen LogP contribution in [-0.2, 0) is 9.53 Å². The third kappa shape index (κ3) is 5.43. The standard InChI is InChI=1S/C16H21FN2O4/c1-22-16(21)19-8-6-12(7-9-19)10-18-15(20)11-23-14-4-2-13(17)3-5-14/h2-5,12H,6-11H2,1H3,(H,18,20). The molecule has 1 fully saturated rings. The van der Waals surface area contributed by atoms with Gasteiger partial charge in [0.25, 0.3) is 5.91 Å². The minimum atomic E-state index is -0.347. The molecule has 6 nitrogen and oxygen atoms in total. The maximum Gasteiger partial charge on any atom is 0.409 e. The molecule has 0 unspecified atom stereocenters. The van der Waals surface area contributed by atoms with Crippen LogP contribution in [0.5, 0.6) is 5.75 Å². The minimum Gasteiger partial charge on any atom is -0.484 e. The average molecular weight is 324 g/mol. The van der Waals surface area contributed by atoms with E-state index in [4.69, 9.17) is 4.74 Å². The fourth-order valence-corrected chi connectivity index (χ4v) is 2.44. The van der Waals surface area contributed by atoms with Crippen molar-refractivity contribution in [1.29, 1.82) is 0 Å². The van der Waals surface area contributed by atoms with Crippen molar-refractivity contribution in [3.05, 3.63) is 30.1 Å². The van der Waals surface area contributed by atoms with Gasteiger partial charge in [-0.2, -0.15) is 0 Å². The molecule has 1 N–H and O–H groups in total. The first kappa shape index (κ1) is 17.1. The van der Waals surface area contributed by atoms with E-state index in [2.05, 4.69) is 10.1 Å². The Hall–Kier alpha value is -2.31. The molecule has 1 aliphatic rings. The van der Waals surface area contributed by atoms with Crippen LogP contribution < -0.4 is 10.1 Å². The van der Waals surface area contributed by atoms with Crippen molar-refractivity contribution in [2.75, 3.05) is 33.4 Å². The first-order chi connectivity index (χ1) is 11.1. The minimum absolute atomic E-state index is 0.105. The van der Waals surface area contributed by atoms with Crippen LogP contribution in [0.3, 0.4) is 0 Å². The number of carbonyl (C=O) groups is 2. The Morgan fingerprint density at radius 2 is 1.91 bits per heavy atom. The lowest BCUT2D eigenvalue weighted by Crippen LogP contribution is -2.42. The lowest BCUT2D eigenvalue weighted by atomic mass is 9.97. The number of methoxy groups -OCH3 is 1. The van der Waals surface area contributed by atoms with Gasteiger partial charge < -0.3 is 19.7 Å². The van der Waals surface area contributed by atoms with Crippen molar-refractivity contribution >= 4 is 12.0 Å². The number of amides is 2. The Bertz CT molecular complexity index is 527. The molecule has 0 radical (unpaired) electrons. The topological polar surface area (TPSA) is 67.9 Å². The van der Waals surface area contributed by atoms with Gasteiger partial charge in [-0.05, 0) is 43.0 Å². The van der Waals surface area contributed by atoms with E-state index in [1.807, 2.05) is 0 Å². The summed E-state index contributed by atoms with van der Waals surface area (Å²) >= 11 is 0. The first-order valence-corrected chi connectivity index (χ1v) is 7.56. The van der Waals surface area contributed by atoms with Gasteiger partial charge in [-0.3, -0.25) is 4.79 Å². The maximum atomic E-state index is 12.7. The van der Waals surface area contributed by atoms with Gasteiger partial charge in [0.05, 0.1) is 7.11 Å². The van der Waals surface area contributed by atoms with Crippen LogP contribution >= 0.6 is 0 Å². The van der Waals surface area contributed by atoms with E-state index >= 15 is 0 Å². The summed E-state index contributed by atoms with van der Waals surface area (Å²) in [5.41, 5.74) is 0. The third-order valence-electron chi connectivity index (χ3n) is 3.82. The Balaban J connectivity index is 1.63. The van der Waals surface area contributed by atoms with Gasteiger partial charge in [0.2, 0.25) is 0 Å². The zero-order valence-electron chi connectivity index (χ0n) is 13.1. The van der Waals surface area contributed by atoms with E-state index in [1.54, 1.807) is 4.90 Å². The molecular formula is C16H21FN2O4. The van der Waals surface area contributed by atoms with Crippen molar-refractivity contribution in [3.63, 3.8) is 0 Å². The van der Waals surface area contributed by atoms with Crippen molar-refractivity contribution in [2.24, 2.45) is 5.92 Å². The van der Waals surface area contributed by atoms with E-state index in [-0.39, 0.29) is 24.4 Å². The Morgan fingerprint density at radius 3 is 2.52 bits per heavy atom. The molecule has 0 atom stereocenters. The molecule has 1 aliphatic heterocycles. The van der Waals surface area contributed by atoms with Crippen LogP contribution in [0, 0.1) is 11.7 Å². The van der Waals surface area contributed by atoms with Crippen molar-refractivity contribution < 1.29 is 23.5 Å². The zero-order chi connectivity index (χ0) is 16.7. The summed E-state index contributed by atoms with van der Waals surface area (Å²) in [6.07, 6.45) is 1.35. The number of piperidine rings is 1. The highest BCUT2D eigenvalue weighted by Gasteiger charge is 2.23. The number of hydrogen-bond donors (Lipinski definition) is 1. The molecule has 2 rings (SSSR count). The Kier molecular flexibility index (Phi) is 6.19. The second-order valence-electron chi connectivity index (χ2n) is 5.45. The number of hydrogen-bond acceptors (Lipinski definition) is 4. The fraction of sp³-hybridized carbons (Fsp3) is 0.500. The molecule has 1 aromatic carbocycles. The second-order valence-corrected chi connectivity index (χ2v) is 5.45. The molecule has 0 spiro atoms. The molecule has 1 saturated heterocycles. The van der Waals surface area contributed by atoms with Gasteiger partial charge >= 0.3 is 6.09 Å². The SMILES string of the molecule is COC(=O)N1CCC(CNC(=O)COc2ccc(F)cc2)CC1. The van der Waals surface area contributed by atoms with Crippen LogP contribution in [0.2, 0.25) is 0 Å². The normalized spacial score (nSPS) is 15.1. The third-order valence-corrected chi connectivity index (χ3v) is 3.82. The van der Waals surface area contributed by atoms with Gasteiger partial charge in [0.15, 0.2) is 6.61 Å². The second kappa shape index (κ2) is 8.36. The number of nitrogens with zero attached hydrogens (tertiary/aromatic N) is 1. The van der Waals surface area contributed by atoms with Gasteiger partial charge in [0.1, 0.15) is 11.6 Å². The van der Waals surface area contributed by atoms with Crippen LogP contribution in [-0.4, -0.2) is 50.3 Å². The smallest absolute Gasteiger partial charge is 0.409 e. The number of rotatable bonds is 5. The molecule has 1 heterocycles. The molecular weight excluding hydrogens is 303 g/mol. The number of ether oxygens (including phenoxy) is 2. The Labute approximate surface area is 134 Å². The zero-order valence-corrected chi connectivity index (χ0v) is 13.1.